The Bertz CT molecular complexity index is 1440. The fourth-order valence-electron chi connectivity index (χ4n) is 3.21. The van der Waals surface area contributed by atoms with Gasteiger partial charge in [0.2, 0.25) is 0 Å². The normalized spacial score (nSPS) is 10.6. The predicted molar refractivity (Wildman–Crippen MR) is 135 cm³/mol. The van der Waals surface area contributed by atoms with Crippen LogP contribution in [0.2, 0.25) is 0 Å². The third-order valence-electron chi connectivity index (χ3n) is 4.70. The Morgan fingerprint density at radius 2 is 1.32 bits per heavy atom. The summed E-state index contributed by atoms with van der Waals surface area (Å²) in [5, 5.41) is 4.53. The predicted octanol–water partition coefficient (Wildman–Crippen LogP) is 7.04. The fourth-order valence-corrected chi connectivity index (χ4v) is 6.00. The van der Waals surface area contributed by atoms with Crippen LogP contribution in [0.5, 0.6) is 0 Å². The van der Waals surface area contributed by atoms with Gasteiger partial charge in [-0.15, -0.1) is 22.7 Å². The average Bonchev–Trinajstić information content (AvgIpc) is 3.60. The minimum atomic E-state index is 0.511. The van der Waals surface area contributed by atoms with Gasteiger partial charge < -0.3 is 0 Å². The zero-order valence-corrected chi connectivity index (χ0v) is 19.7. The SMILES string of the molecule is c1ccc2[se]cnc2c1.c1ccc2c(c1)ccc1scnc12.c1ccc2scnc2c1. The first-order chi connectivity index (χ1) is 15.4. The molecule has 0 spiro atoms. The molecule has 0 saturated carbocycles. The minimum Gasteiger partial charge on any atom is -0.245 e. The molecule has 0 N–H and O–H groups in total. The molecule has 31 heavy (non-hydrogen) atoms. The summed E-state index contributed by atoms with van der Waals surface area (Å²) < 4.78 is 3.93. The molecular formula is C25H17N3S2Se. The van der Waals surface area contributed by atoms with Gasteiger partial charge in [-0.1, -0.05) is 42.5 Å². The van der Waals surface area contributed by atoms with Crippen molar-refractivity contribution in [1.82, 2.24) is 15.0 Å². The van der Waals surface area contributed by atoms with Crippen LogP contribution in [0.15, 0.2) is 101 Å². The van der Waals surface area contributed by atoms with Crippen LogP contribution in [0.4, 0.5) is 0 Å². The summed E-state index contributed by atoms with van der Waals surface area (Å²) in [6, 6.07) is 29.1. The summed E-state index contributed by atoms with van der Waals surface area (Å²) in [7, 11) is 0. The van der Waals surface area contributed by atoms with Crippen molar-refractivity contribution in [3.63, 3.8) is 0 Å². The van der Waals surface area contributed by atoms with E-state index in [0.29, 0.717) is 14.5 Å². The van der Waals surface area contributed by atoms with Gasteiger partial charge in [0.1, 0.15) is 0 Å². The third kappa shape index (κ3) is 4.58. The molecule has 4 aromatic carbocycles. The van der Waals surface area contributed by atoms with E-state index in [4.69, 9.17) is 0 Å². The molecule has 0 aliphatic heterocycles. The van der Waals surface area contributed by atoms with Crippen LogP contribution in [0.25, 0.3) is 41.0 Å². The largest absolute Gasteiger partial charge is 0.245 e. The molecule has 7 aromatic rings. The summed E-state index contributed by atoms with van der Waals surface area (Å²) in [6.07, 6.45) is 0. The molecule has 3 heterocycles. The summed E-state index contributed by atoms with van der Waals surface area (Å²) in [6.45, 7) is 0. The number of aromatic nitrogens is 3. The Hall–Kier alpha value is -2.89. The maximum absolute atomic E-state index is 4.37. The molecular weight excluding hydrogens is 485 g/mol. The summed E-state index contributed by atoms with van der Waals surface area (Å²) in [5.41, 5.74) is 7.16. The molecule has 3 nitrogen and oxygen atoms in total. The van der Waals surface area contributed by atoms with Crippen LogP contribution in [0.1, 0.15) is 0 Å². The Morgan fingerprint density at radius 1 is 0.581 bits per heavy atom. The van der Waals surface area contributed by atoms with Crippen molar-refractivity contribution in [3.8, 4) is 0 Å². The van der Waals surface area contributed by atoms with Gasteiger partial charge in [-0.05, 0) is 23.6 Å². The third-order valence-corrected chi connectivity index (χ3v) is 8.00. The molecule has 150 valence electrons. The number of hydrogen-bond acceptors (Lipinski definition) is 5. The molecule has 0 saturated heterocycles. The zero-order valence-electron chi connectivity index (χ0n) is 16.4. The summed E-state index contributed by atoms with van der Waals surface area (Å²) >= 11 is 3.88. The number of para-hydroxylation sites is 2. The van der Waals surface area contributed by atoms with E-state index < -0.39 is 0 Å². The van der Waals surface area contributed by atoms with Gasteiger partial charge in [0.25, 0.3) is 0 Å². The minimum absolute atomic E-state index is 0.511. The van der Waals surface area contributed by atoms with Crippen molar-refractivity contribution >= 4 is 78.2 Å². The van der Waals surface area contributed by atoms with Crippen molar-refractivity contribution in [1.29, 1.82) is 0 Å². The number of nitrogens with zero attached hydrogens (tertiary/aromatic N) is 3. The van der Waals surface area contributed by atoms with Crippen molar-refractivity contribution in [2.75, 3.05) is 0 Å². The Balaban J connectivity index is 0.000000102. The maximum atomic E-state index is 4.37. The van der Waals surface area contributed by atoms with Crippen molar-refractivity contribution in [3.05, 3.63) is 101 Å². The number of hydrogen-bond donors (Lipinski definition) is 0. The smallest absolute Gasteiger partial charge is 0.0890 e. The first-order valence-corrected chi connectivity index (χ1v) is 13.3. The van der Waals surface area contributed by atoms with Gasteiger partial charge in [-0.3, -0.25) is 0 Å². The molecule has 3 aromatic heterocycles. The van der Waals surface area contributed by atoms with Gasteiger partial charge in [0.15, 0.2) is 0 Å². The van der Waals surface area contributed by atoms with Crippen molar-refractivity contribution in [2.24, 2.45) is 0 Å². The average molecular weight is 503 g/mol. The van der Waals surface area contributed by atoms with Gasteiger partial charge in [-0.2, -0.15) is 0 Å². The first-order valence-electron chi connectivity index (χ1n) is 9.66. The Kier molecular flexibility index (Phi) is 6.14. The van der Waals surface area contributed by atoms with E-state index in [2.05, 4.69) is 75.6 Å². The molecule has 0 atom stereocenters. The van der Waals surface area contributed by atoms with E-state index in [-0.39, 0.29) is 0 Å². The van der Waals surface area contributed by atoms with Crippen LogP contribution in [0.3, 0.4) is 0 Å². The van der Waals surface area contributed by atoms with Crippen LogP contribution in [-0.2, 0) is 0 Å². The van der Waals surface area contributed by atoms with Gasteiger partial charge in [0.05, 0.1) is 31.5 Å². The molecule has 0 aliphatic carbocycles. The second-order valence-electron chi connectivity index (χ2n) is 6.63. The first kappa shape index (κ1) is 20.0. The Labute approximate surface area is 193 Å². The van der Waals surface area contributed by atoms with Crippen molar-refractivity contribution < 1.29 is 0 Å². The molecule has 0 aliphatic rings. The molecule has 0 unspecified atom stereocenters. The molecule has 0 bridgehead atoms. The summed E-state index contributed by atoms with van der Waals surface area (Å²) in [5.74, 6) is 0. The van der Waals surface area contributed by atoms with Crippen LogP contribution < -0.4 is 0 Å². The fraction of sp³-hybridized carbons (Fsp3) is 0. The molecule has 0 fully saturated rings. The van der Waals surface area contributed by atoms with E-state index >= 15 is 0 Å². The van der Waals surface area contributed by atoms with Crippen LogP contribution in [0, 0.1) is 0 Å². The number of rotatable bonds is 0. The number of benzene rings is 4. The van der Waals surface area contributed by atoms with E-state index in [1.165, 1.54) is 24.4 Å². The van der Waals surface area contributed by atoms with Crippen LogP contribution in [-0.4, -0.2) is 29.5 Å². The zero-order chi connectivity index (χ0) is 20.9. The van der Waals surface area contributed by atoms with Crippen LogP contribution >= 0.6 is 22.7 Å². The van der Waals surface area contributed by atoms with Gasteiger partial charge in [0, 0.05) is 5.39 Å². The molecule has 6 heteroatoms. The van der Waals surface area contributed by atoms with Crippen molar-refractivity contribution in [2.45, 2.75) is 0 Å². The van der Waals surface area contributed by atoms with Gasteiger partial charge >= 0.3 is 58.6 Å². The molecule has 0 radical (unpaired) electrons. The Morgan fingerprint density at radius 3 is 2.23 bits per heavy atom. The molecule has 0 amide bonds. The molecule has 7 rings (SSSR count). The second-order valence-corrected chi connectivity index (χ2v) is 10.3. The topological polar surface area (TPSA) is 38.7 Å². The standard InChI is InChI=1S/C11H7NS.C7H5NS.C7H5NSe/c1-2-4-9-8(3-1)5-6-10-11(9)12-7-13-10;2*1-2-4-7-6(3-1)8-5-9-7/h1-7H;2*1-5H. The number of thiazole rings is 2. The van der Waals surface area contributed by atoms with E-state index in [1.807, 2.05) is 40.4 Å². The van der Waals surface area contributed by atoms with E-state index in [0.717, 1.165) is 16.6 Å². The second kappa shape index (κ2) is 9.50. The van der Waals surface area contributed by atoms with E-state index in [9.17, 15) is 0 Å². The quantitative estimate of drug-likeness (QED) is 0.209. The maximum Gasteiger partial charge on any atom is 0.0890 e. The van der Waals surface area contributed by atoms with Gasteiger partial charge in [-0.25, -0.2) is 9.97 Å². The number of fused-ring (bicyclic) bond motifs is 5. The van der Waals surface area contributed by atoms with E-state index in [1.54, 1.807) is 22.7 Å². The summed E-state index contributed by atoms with van der Waals surface area (Å²) in [4.78, 5) is 12.7. The monoisotopic (exact) mass is 503 g/mol.